The number of rotatable bonds is 28. The van der Waals surface area contributed by atoms with Crippen molar-refractivity contribution in [2.24, 2.45) is 0 Å². The third-order valence-corrected chi connectivity index (χ3v) is 17.9. The Morgan fingerprint density at radius 2 is 0.479 bits per heavy atom. The fraction of sp³-hybridized carbons (Fsp3) is 0.750. The molecule has 0 N–H and O–H groups in total. The summed E-state index contributed by atoms with van der Waals surface area (Å²) in [4.78, 5) is 0. The average molecular weight is 755 g/mol. The molecule has 0 aliphatic carbocycles. The molecule has 0 amide bonds. The smallest absolute Gasteiger partial charge is 0.371 e. The van der Waals surface area contributed by atoms with Gasteiger partial charge in [0.15, 0.2) is 0 Å². The second-order valence-electron chi connectivity index (χ2n) is 9.43. The first-order chi connectivity index (χ1) is 23.1. The van der Waals surface area contributed by atoms with Gasteiger partial charge in [-0.25, -0.2) is 0 Å². The summed E-state index contributed by atoms with van der Waals surface area (Å²) in [5.41, 5.74) is 3.69. The summed E-state index contributed by atoms with van der Waals surface area (Å²) < 4.78 is 70.7. The van der Waals surface area contributed by atoms with Gasteiger partial charge in [-0.15, -0.1) is 0 Å². The van der Waals surface area contributed by atoms with Gasteiger partial charge in [-0.2, -0.15) is 0 Å². The van der Waals surface area contributed by atoms with Crippen LogP contribution in [0.1, 0.15) is 83.1 Å². The lowest BCUT2D eigenvalue weighted by Gasteiger charge is -2.30. The van der Waals surface area contributed by atoms with Gasteiger partial charge in [-0.05, 0) is 94.5 Å². The van der Waals surface area contributed by atoms with Crippen molar-refractivity contribution >= 4 is 45.6 Å². The highest BCUT2D eigenvalue weighted by molar-refractivity contribution is 6.77. The molecular weight excluding hydrogens is 689 g/mol. The zero-order chi connectivity index (χ0) is 36.4. The number of hydrogen-bond donors (Lipinski definition) is 0. The second-order valence-corrected chi connectivity index (χ2v) is 19.4. The minimum atomic E-state index is -2.92. The number of benzene rings is 1. The SMILES string of the molecule is CCO[Si](C=C[Si](OCC)(OCC)OCC)(OCC)OCC.CCO[Si](OCC)(OCC)c1ccc([Si](OCC)(OCC)OCC)cc1. The summed E-state index contributed by atoms with van der Waals surface area (Å²) in [6.07, 6.45) is 0. The van der Waals surface area contributed by atoms with Crippen LogP contribution in [0.25, 0.3) is 0 Å². The number of hydrogen-bond acceptors (Lipinski definition) is 12. The Morgan fingerprint density at radius 3 is 0.625 bits per heavy atom. The van der Waals surface area contributed by atoms with Gasteiger partial charge in [0, 0.05) is 89.7 Å². The van der Waals surface area contributed by atoms with Crippen molar-refractivity contribution in [3.05, 3.63) is 35.7 Å². The van der Waals surface area contributed by atoms with Crippen molar-refractivity contribution in [1.29, 1.82) is 0 Å². The predicted octanol–water partition coefficient (Wildman–Crippen LogP) is 4.92. The molecule has 1 aromatic carbocycles. The van der Waals surface area contributed by atoms with Gasteiger partial charge in [-0.3, -0.25) is 0 Å². The largest absolute Gasteiger partial charge is 0.537 e. The van der Waals surface area contributed by atoms with Crippen LogP contribution in [0, 0.1) is 0 Å². The van der Waals surface area contributed by atoms with E-state index in [2.05, 4.69) is 0 Å². The van der Waals surface area contributed by atoms with E-state index >= 15 is 0 Å². The summed E-state index contributed by atoms with van der Waals surface area (Å²) in [5.74, 6) is 0. The van der Waals surface area contributed by atoms with E-state index in [9.17, 15) is 0 Å². The lowest BCUT2D eigenvalue weighted by atomic mass is 10.4. The lowest BCUT2D eigenvalue weighted by molar-refractivity contribution is 0.0787. The molecule has 0 saturated carbocycles. The standard InChI is InChI=1S/C18H34O6Si2.C14H32O6Si2/c1-7-19-25(20-8-2,21-9-3)17-13-15-18(16-14-17)26(22-10-4,23-11-5)24-12-6;1-7-15-21(16-8-2,17-9-3)13-14-22(18-10-4,19-11-5)20-12-6/h13-16H,7-12H2,1-6H3;13-14H,7-12H2,1-6H3. The van der Waals surface area contributed by atoms with E-state index in [4.69, 9.17) is 53.1 Å². The van der Waals surface area contributed by atoms with Gasteiger partial charge >= 0.3 is 35.2 Å². The lowest BCUT2D eigenvalue weighted by Crippen LogP contribution is -2.59. The van der Waals surface area contributed by atoms with Gasteiger partial charge in [0.25, 0.3) is 0 Å². The van der Waals surface area contributed by atoms with Gasteiger partial charge < -0.3 is 53.1 Å². The molecule has 48 heavy (non-hydrogen) atoms. The van der Waals surface area contributed by atoms with Gasteiger partial charge in [0.1, 0.15) is 0 Å². The molecule has 1 aromatic rings. The molecule has 0 bridgehead atoms. The minimum Gasteiger partial charge on any atom is -0.371 e. The Balaban J connectivity index is 0.000000935. The van der Waals surface area contributed by atoms with Crippen LogP contribution < -0.4 is 10.4 Å². The molecule has 0 fully saturated rings. The maximum atomic E-state index is 5.98. The molecule has 0 radical (unpaired) electrons. The maximum absolute atomic E-state index is 5.98. The zero-order valence-corrected chi connectivity index (χ0v) is 35.8. The van der Waals surface area contributed by atoms with Crippen molar-refractivity contribution in [3.8, 4) is 0 Å². The van der Waals surface area contributed by atoms with E-state index in [-0.39, 0.29) is 0 Å². The molecule has 0 atom stereocenters. The van der Waals surface area contributed by atoms with Crippen molar-refractivity contribution in [2.75, 3.05) is 79.3 Å². The normalized spacial score (nSPS) is 12.8. The summed E-state index contributed by atoms with van der Waals surface area (Å²) >= 11 is 0. The van der Waals surface area contributed by atoms with Crippen LogP contribution >= 0.6 is 0 Å². The topological polar surface area (TPSA) is 111 Å². The Labute approximate surface area is 296 Å². The molecule has 12 nitrogen and oxygen atoms in total. The fourth-order valence-corrected chi connectivity index (χ4v) is 14.8. The fourth-order valence-electron chi connectivity index (χ4n) is 4.72. The Kier molecular flexibility index (Phi) is 26.7. The van der Waals surface area contributed by atoms with Gasteiger partial charge in [0.2, 0.25) is 0 Å². The maximum Gasteiger partial charge on any atom is 0.537 e. The first-order valence-corrected chi connectivity index (χ1v) is 24.7. The second kappa shape index (κ2) is 27.1. The molecule has 0 aliphatic rings. The van der Waals surface area contributed by atoms with E-state index < -0.39 is 35.2 Å². The minimum absolute atomic E-state index is 0.517. The van der Waals surface area contributed by atoms with Crippen LogP contribution in [0.4, 0.5) is 0 Å². The average Bonchev–Trinajstić information content (AvgIpc) is 3.06. The molecule has 0 heterocycles. The van der Waals surface area contributed by atoms with Crippen LogP contribution in [-0.2, 0) is 53.1 Å². The first kappa shape index (κ1) is 47.3. The third-order valence-electron chi connectivity index (χ3n) is 6.16. The molecule has 0 saturated heterocycles. The highest BCUT2D eigenvalue weighted by Gasteiger charge is 2.47. The van der Waals surface area contributed by atoms with Gasteiger partial charge in [-0.1, -0.05) is 24.3 Å². The van der Waals surface area contributed by atoms with Crippen LogP contribution in [0.15, 0.2) is 35.7 Å². The monoisotopic (exact) mass is 754 g/mol. The zero-order valence-electron chi connectivity index (χ0n) is 31.8. The van der Waals surface area contributed by atoms with Crippen LogP contribution in [0.3, 0.4) is 0 Å². The molecule has 1 rings (SSSR count). The molecule has 0 spiro atoms. The molecule has 0 aromatic heterocycles. The molecular formula is C32H66O12Si4. The summed E-state index contributed by atoms with van der Waals surface area (Å²) in [6, 6.07) is 7.95. The quantitative estimate of drug-likeness (QED) is 0.108. The van der Waals surface area contributed by atoms with E-state index in [1.54, 1.807) is 0 Å². The van der Waals surface area contributed by atoms with E-state index in [1.807, 2.05) is 119 Å². The summed E-state index contributed by atoms with van der Waals surface area (Å²) in [6.45, 7) is 29.5. The van der Waals surface area contributed by atoms with Gasteiger partial charge in [0.05, 0.1) is 0 Å². The van der Waals surface area contributed by atoms with Crippen LogP contribution in [0.5, 0.6) is 0 Å². The van der Waals surface area contributed by atoms with Crippen LogP contribution in [0.2, 0.25) is 0 Å². The molecule has 0 unspecified atom stereocenters. The van der Waals surface area contributed by atoms with E-state index in [1.165, 1.54) is 0 Å². The predicted molar refractivity (Wildman–Crippen MR) is 197 cm³/mol. The van der Waals surface area contributed by atoms with E-state index in [0.717, 1.165) is 10.4 Å². The highest BCUT2D eigenvalue weighted by Crippen LogP contribution is 2.18. The molecule has 16 heteroatoms. The van der Waals surface area contributed by atoms with Crippen molar-refractivity contribution in [1.82, 2.24) is 0 Å². The Hall–Kier alpha value is -0.652. The van der Waals surface area contributed by atoms with Crippen molar-refractivity contribution in [2.45, 2.75) is 83.1 Å². The molecule has 0 aliphatic heterocycles. The summed E-state index contributed by atoms with van der Waals surface area (Å²) in [5, 5.41) is 1.86. The molecule has 282 valence electrons. The van der Waals surface area contributed by atoms with Crippen molar-refractivity contribution < 1.29 is 53.1 Å². The highest BCUT2D eigenvalue weighted by atomic mass is 28.4. The summed E-state index contributed by atoms with van der Waals surface area (Å²) in [7, 11) is -11.6. The Morgan fingerprint density at radius 1 is 0.312 bits per heavy atom. The van der Waals surface area contributed by atoms with Crippen LogP contribution in [-0.4, -0.2) is 115 Å². The first-order valence-electron chi connectivity index (χ1n) is 17.6. The van der Waals surface area contributed by atoms with Crippen molar-refractivity contribution in [3.63, 3.8) is 0 Å². The third kappa shape index (κ3) is 15.3. The Bertz CT molecular complexity index is 801. The van der Waals surface area contributed by atoms with E-state index in [0.29, 0.717) is 79.3 Å².